The minimum Gasteiger partial charge on any atom is -0.355 e. The van der Waals surface area contributed by atoms with E-state index < -0.39 is 0 Å². The smallest absolute Gasteiger partial charge is 0.220 e. The first-order valence-corrected chi connectivity index (χ1v) is 6.36. The molecule has 1 amide bonds. The van der Waals surface area contributed by atoms with Gasteiger partial charge in [0.2, 0.25) is 5.91 Å². The van der Waals surface area contributed by atoms with Gasteiger partial charge in [0, 0.05) is 25.6 Å². The van der Waals surface area contributed by atoms with Gasteiger partial charge in [0.15, 0.2) is 0 Å². The lowest BCUT2D eigenvalue weighted by Gasteiger charge is -2.23. The van der Waals surface area contributed by atoms with Crippen molar-refractivity contribution in [1.82, 2.24) is 10.6 Å². The van der Waals surface area contributed by atoms with Crippen LogP contribution in [0.5, 0.6) is 0 Å². The van der Waals surface area contributed by atoms with Crippen LogP contribution in [0.2, 0.25) is 0 Å². The lowest BCUT2D eigenvalue weighted by molar-refractivity contribution is -0.122. The van der Waals surface area contributed by atoms with Crippen LogP contribution in [0.15, 0.2) is 24.3 Å². The lowest BCUT2D eigenvalue weighted by atomic mass is 10.1. The Morgan fingerprint density at radius 1 is 1.29 bits per heavy atom. The summed E-state index contributed by atoms with van der Waals surface area (Å²) in [6, 6.07) is 9.12. The standard InChI is InChI=1S/C14H20N2O/c1-2-11-3-5-12(6-4-11)9-15-13-7-8-14(17)16-10-13/h3-6,13,15H,2,7-10H2,1H3,(H,16,17). The highest BCUT2D eigenvalue weighted by atomic mass is 16.1. The highest BCUT2D eigenvalue weighted by molar-refractivity contribution is 5.76. The van der Waals surface area contributed by atoms with Gasteiger partial charge in [-0.15, -0.1) is 0 Å². The fourth-order valence-corrected chi connectivity index (χ4v) is 2.06. The summed E-state index contributed by atoms with van der Waals surface area (Å²) in [6.07, 6.45) is 2.67. The summed E-state index contributed by atoms with van der Waals surface area (Å²) >= 11 is 0. The summed E-state index contributed by atoms with van der Waals surface area (Å²) < 4.78 is 0. The Morgan fingerprint density at radius 2 is 2.00 bits per heavy atom. The van der Waals surface area contributed by atoms with Crippen molar-refractivity contribution < 1.29 is 4.79 Å². The normalized spacial score (nSPS) is 20.1. The number of hydrogen-bond donors (Lipinski definition) is 2. The van der Waals surface area contributed by atoms with Gasteiger partial charge < -0.3 is 10.6 Å². The second kappa shape index (κ2) is 5.82. The van der Waals surface area contributed by atoms with Crippen molar-refractivity contribution in [2.45, 2.75) is 38.8 Å². The van der Waals surface area contributed by atoms with E-state index in [4.69, 9.17) is 0 Å². The molecule has 1 aromatic carbocycles. The van der Waals surface area contributed by atoms with Gasteiger partial charge >= 0.3 is 0 Å². The van der Waals surface area contributed by atoms with Crippen LogP contribution < -0.4 is 10.6 Å². The van der Waals surface area contributed by atoms with Crippen molar-refractivity contribution in [3.05, 3.63) is 35.4 Å². The minimum atomic E-state index is 0.176. The Hall–Kier alpha value is -1.35. The lowest BCUT2D eigenvalue weighted by Crippen LogP contribution is -2.45. The number of carbonyl (C=O) groups is 1. The summed E-state index contributed by atoms with van der Waals surface area (Å²) in [7, 11) is 0. The van der Waals surface area contributed by atoms with E-state index in [9.17, 15) is 4.79 Å². The summed E-state index contributed by atoms with van der Waals surface area (Å²) in [6.45, 7) is 3.80. The first-order chi connectivity index (χ1) is 8.28. The molecule has 1 saturated heterocycles. The third kappa shape index (κ3) is 3.56. The predicted molar refractivity (Wildman–Crippen MR) is 68.7 cm³/mol. The van der Waals surface area contributed by atoms with Gasteiger partial charge in [-0.25, -0.2) is 0 Å². The quantitative estimate of drug-likeness (QED) is 0.828. The van der Waals surface area contributed by atoms with Crippen LogP contribution in [0.1, 0.15) is 30.9 Å². The molecule has 1 heterocycles. The van der Waals surface area contributed by atoms with Crippen molar-refractivity contribution in [1.29, 1.82) is 0 Å². The van der Waals surface area contributed by atoms with Gasteiger partial charge in [-0.05, 0) is 24.0 Å². The molecule has 1 atom stereocenters. The average molecular weight is 232 g/mol. The number of amides is 1. The molecule has 0 aliphatic carbocycles. The van der Waals surface area contributed by atoms with Crippen molar-refractivity contribution in [2.75, 3.05) is 6.54 Å². The van der Waals surface area contributed by atoms with Crippen LogP contribution in [0.3, 0.4) is 0 Å². The molecule has 2 N–H and O–H groups in total. The number of aryl methyl sites for hydroxylation is 1. The zero-order chi connectivity index (χ0) is 12.1. The fourth-order valence-electron chi connectivity index (χ4n) is 2.06. The summed E-state index contributed by atoms with van der Waals surface area (Å²) in [5.41, 5.74) is 2.68. The molecule has 17 heavy (non-hydrogen) atoms. The molecule has 2 rings (SSSR count). The van der Waals surface area contributed by atoms with Crippen LogP contribution in [-0.2, 0) is 17.8 Å². The second-order valence-electron chi connectivity index (χ2n) is 4.59. The van der Waals surface area contributed by atoms with Crippen LogP contribution in [0.4, 0.5) is 0 Å². The first kappa shape index (κ1) is 12.1. The molecule has 3 heteroatoms. The molecule has 1 aromatic rings. The maximum atomic E-state index is 11.0. The SMILES string of the molecule is CCc1ccc(CNC2CCC(=O)NC2)cc1. The van der Waals surface area contributed by atoms with Crippen LogP contribution in [0, 0.1) is 0 Å². The topological polar surface area (TPSA) is 41.1 Å². The van der Waals surface area contributed by atoms with E-state index in [2.05, 4.69) is 41.8 Å². The molecule has 0 spiro atoms. The number of hydrogen-bond acceptors (Lipinski definition) is 2. The molecule has 1 aliphatic rings. The first-order valence-electron chi connectivity index (χ1n) is 6.36. The third-order valence-electron chi connectivity index (χ3n) is 3.29. The van der Waals surface area contributed by atoms with Crippen molar-refractivity contribution in [2.24, 2.45) is 0 Å². The van der Waals surface area contributed by atoms with Gasteiger partial charge in [-0.1, -0.05) is 31.2 Å². The predicted octanol–water partition coefficient (Wildman–Crippen LogP) is 1.62. The summed E-state index contributed by atoms with van der Waals surface area (Å²) in [4.78, 5) is 11.0. The number of nitrogens with one attached hydrogen (secondary N) is 2. The second-order valence-corrected chi connectivity index (χ2v) is 4.59. The number of benzene rings is 1. The molecule has 1 unspecified atom stereocenters. The number of rotatable bonds is 4. The Balaban J connectivity index is 1.79. The van der Waals surface area contributed by atoms with Gasteiger partial charge in [-0.2, -0.15) is 0 Å². The Kier molecular flexibility index (Phi) is 4.15. The summed E-state index contributed by atoms with van der Waals surface area (Å²) in [5.74, 6) is 0.176. The maximum Gasteiger partial charge on any atom is 0.220 e. The van der Waals surface area contributed by atoms with E-state index >= 15 is 0 Å². The molecule has 0 aromatic heterocycles. The van der Waals surface area contributed by atoms with Gasteiger partial charge in [0.05, 0.1) is 0 Å². The molecule has 3 nitrogen and oxygen atoms in total. The minimum absolute atomic E-state index is 0.176. The number of piperidine rings is 1. The van der Waals surface area contributed by atoms with E-state index in [-0.39, 0.29) is 5.91 Å². The summed E-state index contributed by atoms with van der Waals surface area (Å²) in [5, 5.41) is 6.37. The van der Waals surface area contributed by atoms with E-state index in [0.717, 1.165) is 25.9 Å². The Morgan fingerprint density at radius 3 is 2.59 bits per heavy atom. The van der Waals surface area contributed by atoms with Gasteiger partial charge in [0.25, 0.3) is 0 Å². The van der Waals surface area contributed by atoms with E-state index in [0.29, 0.717) is 12.5 Å². The zero-order valence-corrected chi connectivity index (χ0v) is 10.3. The molecular formula is C14H20N2O. The molecule has 0 bridgehead atoms. The van der Waals surface area contributed by atoms with Crippen LogP contribution in [-0.4, -0.2) is 18.5 Å². The highest BCUT2D eigenvalue weighted by Crippen LogP contribution is 2.07. The van der Waals surface area contributed by atoms with Crippen molar-refractivity contribution >= 4 is 5.91 Å². The van der Waals surface area contributed by atoms with Gasteiger partial charge in [0.1, 0.15) is 0 Å². The van der Waals surface area contributed by atoms with Crippen molar-refractivity contribution in [3.63, 3.8) is 0 Å². The number of carbonyl (C=O) groups excluding carboxylic acids is 1. The molecule has 1 aliphatic heterocycles. The Bertz CT molecular complexity index is 362. The Labute approximate surface area is 103 Å². The molecule has 92 valence electrons. The maximum absolute atomic E-state index is 11.0. The molecule has 0 radical (unpaired) electrons. The molecular weight excluding hydrogens is 212 g/mol. The third-order valence-corrected chi connectivity index (χ3v) is 3.29. The van der Waals surface area contributed by atoms with Crippen LogP contribution >= 0.6 is 0 Å². The molecule has 1 fully saturated rings. The van der Waals surface area contributed by atoms with Crippen molar-refractivity contribution in [3.8, 4) is 0 Å². The average Bonchev–Trinajstić information content (AvgIpc) is 2.39. The highest BCUT2D eigenvalue weighted by Gasteiger charge is 2.16. The molecule has 0 saturated carbocycles. The van der Waals surface area contributed by atoms with E-state index in [1.165, 1.54) is 11.1 Å². The zero-order valence-electron chi connectivity index (χ0n) is 10.3. The largest absolute Gasteiger partial charge is 0.355 e. The monoisotopic (exact) mass is 232 g/mol. The van der Waals surface area contributed by atoms with Crippen LogP contribution in [0.25, 0.3) is 0 Å². The van der Waals surface area contributed by atoms with E-state index in [1.54, 1.807) is 0 Å². The van der Waals surface area contributed by atoms with E-state index in [1.807, 2.05) is 0 Å². The van der Waals surface area contributed by atoms with Gasteiger partial charge in [-0.3, -0.25) is 4.79 Å². The fraction of sp³-hybridized carbons (Fsp3) is 0.500.